The molecule has 3 aromatic carbocycles. The summed E-state index contributed by atoms with van der Waals surface area (Å²) in [6.07, 6.45) is 0. The van der Waals surface area contributed by atoms with Gasteiger partial charge in [0.15, 0.2) is 5.76 Å². The Bertz CT molecular complexity index is 1440. The van der Waals surface area contributed by atoms with Gasteiger partial charge in [-0.1, -0.05) is 46.9 Å². The number of para-hydroxylation sites is 1. The molecule has 2 aromatic heterocycles. The quantitative estimate of drug-likeness (QED) is 0.270. The molecule has 0 saturated heterocycles. The van der Waals surface area contributed by atoms with E-state index in [0.717, 1.165) is 20.8 Å². The number of furan rings is 1. The number of hydrogen-bond donors (Lipinski definition) is 1. The second-order valence-corrected chi connectivity index (χ2v) is 9.21. The second-order valence-electron chi connectivity index (χ2n) is 6.92. The number of nitrogens with one attached hydrogen (secondary N) is 1. The predicted octanol–water partition coefficient (Wildman–Crippen LogP) is 8.44. The molecule has 32 heavy (non-hydrogen) atoms. The van der Waals surface area contributed by atoms with Crippen molar-refractivity contribution in [2.24, 2.45) is 0 Å². The van der Waals surface area contributed by atoms with Gasteiger partial charge in [-0.25, -0.2) is 4.98 Å². The summed E-state index contributed by atoms with van der Waals surface area (Å²) < 4.78 is 6.79. The second kappa shape index (κ2) is 8.60. The van der Waals surface area contributed by atoms with Crippen LogP contribution in [0.1, 0.15) is 10.6 Å². The fourth-order valence-electron chi connectivity index (χ4n) is 3.24. The molecule has 0 aliphatic carbocycles. The molecule has 0 radical (unpaired) electrons. The van der Waals surface area contributed by atoms with Gasteiger partial charge in [-0.05, 0) is 60.7 Å². The topological polar surface area (TPSA) is 55.1 Å². The predicted molar refractivity (Wildman–Crippen MR) is 132 cm³/mol. The lowest BCUT2D eigenvalue weighted by molar-refractivity contribution is 0.0997. The molecule has 4 nitrogen and oxygen atoms in total. The zero-order chi connectivity index (χ0) is 22.2. The zero-order valence-electron chi connectivity index (χ0n) is 16.2. The third-order valence-corrected chi connectivity index (χ3v) is 6.74. The molecule has 1 amide bonds. The summed E-state index contributed by atoms with van der Waals surface area (Å²) in [5.74, 6) is 0.202. The van der Waals surface area contributed by atoms with Gasteiger partial charge in [0.05, 0.1) is 20.3 Å². The molecule has 0 aliphatic heterocycles. The van der Waals surface area contributed by atoms with Crippen LogP contribution >= 0.6 is 46.1 Å². The first kappa shape index (κ1) is 21.0. The van der Waals surface area contributed by atoms with Crippen molar-refractivity contribution in [1.29, 1.82) is 0 Å². The molecular weight excluding hydrogens is 487 g/mol. The van der Waals surface area contributed by atoms with Crippen molar-refractivity contribution in [2.75, 3.05) is 5.32 Å². The summed E-state index contributed by atoms with van der Waals surface area (Å²) in [4.78, 5) is 17.4. The first-order chi connectivity index (χ1) is 15.5. The molecule has 5 aromatic rings. The van der Waals surface area contributed by atoms with Gasteiger partial charge < -0.3 is 9.73 Å². The minimum atomic E-state index is -0.396. The molecule has 0 unspecified atom stereocenters. The minimum Gasteiger partial charge on any atom is -0.451 e. The van der Waals surface area contributed by atoms with E-state index in [1.807, 2.05) is 24.3 Å². The average molecular weight is 500 g/mol. The van der Waals surface area contributed by atoms with Gasteiger partial charge in [0, 0.05) is 21.8 Å². The Kier molecular flexibility index (Phi) is 5.66. The maximum absolute atomic E-state index is 12.8. The molecule has 0 aliphatic rings. The molecule has 0 saturated carbocycles. The van der Waals surface area contributed by atoms with E-state index < -0.39 is 5.91 Å². The Morgan fingerprint density at radius 2 is 1.66 bits per heavy atom. The number of halogens is 3. The Hall–Kier alpha value is -2.83. The van der Waals surface area contributed by atoms with Crippen LogP contribution in [0, 0.1) is 0 Å². The number of aromatic nitrogens is 1. The van der Waals surface area contributed by atoms with E-state index in [4.69, 9.17) is 39.2 Å². The van der Waals surface area contributed by atoms with Crippen LogP contribution in [0.25, 0.3) is 32.1 Å². The number of rotatable bonds is 4. The number of nitrogens with zero attached hydrogens (tertiary/aromatic N) is 1. The van der Waals surface area contributed by atoms with Crippen LogP contribution in [-0.2, 0) is 0 Å². The van der Waals surface area contributed by atoms with Gasteiger partial charge >= 0.3 is 0 Å². The van der Waals surface area contributed by atoms with Crippen LogP contribution in [-0.4, -0.2) is 10.9 Å². The van der Waals surface area contributed by atoms with Crippen molar-refractivity contribution in [3.05, 3.63) is 93.6 Å². The van der Waals surface area contributed by atoms with Crippen LogP contribution in [0.5, 0.6) is 0 Å². The van der Waals surface area contributed by atoms with Gasteiger partial charge in [0.2, 0.25) is 0 Å². The number of carbonyl (C=O) groups excluding carboxylic acids is 1. The molecule has 2 heterocycles. The van der Waals surface area contributed by atoms with Crippen LogP contribution in [0.4, 0.5) is 5.69 Å². The van der Waals surface area contributed by atoms with Crippen molar-refractivity contribution in [1.82, 2.24) is 4.98 Å². The van der Waals surface area contributed by atoms with E-state index in [-0.39, 0.29) is 5.76 Å². The summed E-state index contributed by atoms with van der Waals surface area (Å²) >= 11 is 20.2. The van der Waals surface area contributed by atoms with E-state index in [9.17, 15) is 4.79 Å². The number of carbonyl (C=O) groups is 1. The number of benzene rings is 3. The highest BCUT2D eigenvalue weighted by Crippen LogP contribution is 2.36. The largest absolute Gasteiger partial charge is 0.451 e. The highest BCUT2D eigenvalue weighted by molar-refractivity contribution is 7.21. The standard InChI is InChI=1S/C24H13Cl3N2O2S/c25-13-5-7-17(26)15(11-13)20-9-10-21(31-20)23(30)28-14-6-8-18(27)16(12-14)24-29-19-3-1-2-4-22(19)32-24/h1-12H,(H,28,30). The summed E-state index contributed by atoms with van der Waals surface area (Å²) in [5, 5.41) is 5.18. The van der Waals surface area contributed by atoms with Crippen LogP contribution < -0.4 is 5.32 Å². The number of fused-ring (bicyclic) bond motifs is 1. The van der Waals surface area contributed by atoms with Crippen LogP contribution in [0.2, 0.25) is 15.1 Å². The fraction of sp³-hybridized carbons (Fsp3) is 0. The molecular formula is C24H13Cl3N2O2S. The summed E-state index contributed by atoms with van der Waals surface area (Å²) in [5.41, 5.74) is 2.84. The maximum atomic E-state index is 12.8. The lowest BCUT2D eigenvalue weighted by Gasteiger charge is -2.07. The SMILES string of the molecule is O=C(Nc1ccc(Cl)c(-c2nc3ccccc3s2)c1)c1ccc(-c2cc(Cl)ccc2Cl)o1. The number of amides is 1. The van der Waals surface area contributed by atoms with Crippen molar-refractivity contribution in [2.45, 2.75) is 0 Å². The van der Waals surface area contributed by atoms with E-state index in [1.165, 1.54) is 0 Å². The summed E-state index contributed by atoms with van der Waals surface area (Å²) in [6, 6.07) is 21.5. The number of anilines is 1. The highest BCUT2D eigenvalue weighted by Gasteiger charge is 2.16. The Morgan fingerprint density at radius 3 is 2.50 bits per heavy atom. The van der Waals surface area contributed by atoms with Crippen molar-refractivity contribution in [3.8, 4) is 21.9 Å². The lowest BCUT2D eigenvalue weighted by atomic mass is 10.2. The Labute approximate surface area is 202 Å². The van der Waals surface area contributed by atoms with Gasteiger partial charge in [-0.15, -0.1) is 11.3 Å². The van der Waals surface area contributed by atoms with Gasteiger partial charge in [0.25, 0.3) is 5.91 Å². The molecule has 5 rings (SSSR count). The summed E-state index contributed by atoms with van der Waals surface area (Å²) in [6.45, 7) is 0. The molecule has 0 spiro atoms. The molecule has 0 bridgehead atoms. The third kappa shape index (κ3) is 4.12. The first-order valence-electron chi connectivity index (χ1n) is 9.50. The van der Waals surface area contributed by atoms with E-state index in [1.54, 1.807) is 59.9 Å². The third-order valence-electron chi connectivity index (χ3n) is 4.77. The smallest absolute Gasteiger partial charge is 0.291 e. The van der Waals surface area contributed by atoms with E-state index >= 15 is 0 Å². The zero-order valence-corrected chi connectivity index (χ0v) is 19.3. The van der Waals surface area contributed by atoms with Crippen molar-refractivity contribution in [3.63, 3.8) is 0 Å². The number of thiazole rings is 1. The molecule has 158 valence electrons. The van der Waals surface area contributed by atoms with Crippen LogP contribution in [0.15, 0.2) is 77.2 Å². The molecule has 1 N–H and O–H groups in total. The lowest BCUT2D eigenvalue weighted by Crippen LogP contribution is -2.10. The Morgan fingerprint density at radius 1 is 0.875 bits per heavy atom. The molecule has 0 fully saturated rings. The fourth-order valence-corrected chi connectivity index (χ4v) is 4.88. The van der Waals surface area contributed by atoms with Gasteiger partial charge in [-0.2, -0.15) is 0 Å². The normalized spacial score (nSPS) is 11.1. The van der Waals surface area contributed by atoms with E-state index in [0.29, 0.717) is 32.1 Å². The van der Waals surface area contributed by atoms with E-state index in [2.05, 4.69) is 10.3 Å². The average Bonchev–Trinajstić information content (AvgIpc) is 3.44. The van der Waals surface area contributed by atoms with Crippen LogP contribution in [0.3, 0.4) is 0 Å². The Balaban J connectivity index is 1.41. The van der Waals surface area contributed by atoms with Gasteiger partial charge in [0.1, 0.15) is 10.8 Å². The summed E-state index contributed by atoms with van der Waals surface area (Å²) in [7, 11) is 0. The maximum Gasteiger partial charge on any atom is 0.291 e. The first-order valence-corrected chi connectivity index (χ1v) is 11.4. The number of hydrogen-bond acceptors (Lipinski definition) is 4. The monoisotopic (exact) mass is 498 g/mol. The van der Waals surface area contributed by atoms with Gasteiger partial charge in [-0.3, -0.25) is 4.79 Å². The molecule has 8 heteroatoms. The minimum absolute atomic E-state index is 0.146. The van der Waals surface area contributed by atoms with Crippen molar-refractivity contribution >= 4 is 68.0 Å². The highest BCUT2D eigenvalue weighted by atomic mass is 35.5. The van der Waals surface area contributed by atoms with Crippen molar-refractivity contribution < 1.29 is 9.21 Å². The molecule has 0 atom stereocenters.